The highest BCUT2D eigenvalue weighted by atomic mass is 32.2. The molecule has 0 aliphatic carbocycles. The van der Waals surface area contributed by atoms with Crippen LogP contribution in [0.3, 0.4) is 0 Å². The molecule has 168 valence electrons. The minimum absolute atomic E-state index is 0.00232. The number of carbonyl (C=O) groups is 1. The Morgan fingerprint density at radius 1 is 1.19 bits per heavy atom. The van der Waals surface area contributed by atoms with E-state index < -0.39 is 53.8 Å². The van der Waals surface area contributed by atoms with E-state index in [9.17, 15) is 22.4 Å². The van der Waals surface area contributed by atoms with Crippen LogP contribution in [0.2, 0.25) is 0 Å². The molecule has 0 saturated carbocycles. The smallest absolute Gasteiger partial charge is 0.283 e. The first-order chi connectivity index (χ1) is 14.5. The van der Waals surface area contributed by atoms with Gasteiger partial charge < -0.3 is 4.90 Å². The molecule has 1 aliphatic rings. The van der Waals surface area contributed by atoms with Gasteiger partial charge in [-0.15, -0.1) is 0 Å². The lowest BCUT2D eigenvalue weighted by atomic mass is 9.95. The van der Waals surface area contributed by atoms with E-state index >= 15 is 4.39 Å². The molecular weight excluding hydrogens is 435 g/mol. The number of halogens is 5. The highest BCUT2D eigenvalue weighted by molar-refractivity contribution is 7.96. The topological polar surface area (TPSA) is 32.3 Å². The molecule has 0 aromatic heterocycles. The van der Waals surface area contributed by atoms with Crippen LogP contribution in [-0.4, -0.2) is 41.6 Å². The molecule has 2 atom stereocenters. The third-order valence-corrected chi connectivity index (χ3v) is 5.81. The summed E-state index contributed by atoms with van der Waals surface area (Å²) in [7, 11) is 0. The van der Waals surface area contributed by atoms with Gasteiger partial charge in [-0.3, -0.25) is 9.52 Å². The Labute approximate surface area is 182 Å². The second-order valence-electron chi connectivity index (χ2n) is 7.89. The standard InChI is InChI=1S/C22H23F5N2OS/c1-12(2)21(30)29-11-22(26,27)20(28-31-3)18(29)9-13-5-4-6-17(19(13)25)14-7-15(23)10-16(24)8-14/h4-8,10,12,18,20,28H,9,11H2,1-3H3/t18-,20?/m0/s1. The first kappa shape index (κ1) is 23.5. The first-order valence-corrected chi connectivity index (χ1v) is 11.0. The van der Waals surface area contributed by atoms with E-state index in [2.05, 4.69) is 4.72 Å². The maximum Gasteiger partial charge on any atom is 0.283 e. The molecule has 9 heteroatoms. The van der Waals surface area contributed by atoms with Crippen LogP contribution in [-0.2, 0) is 11.2 Å². The molecule has 2 aromatic carbocycles. The van der Waals surface area contributed by atoms with E-state index in [0.717, 1.165) is 29.0 Å². The summed E-state index contributed by atoms with van der Waals surface area (Å²) in [5, 5.41) is 0. The first-order valence-electron chi connectivity index (χ1n) is 9.75. The van der Waals surface area contributed by atoms with Crippen molar-refractivity contribution in [2.45, 2.75) is 38.3 Å². The highest BCUT2D eigenvalue weighted by Crippen LogP contribution is 2.37. The predicted molar refractivity (Wildman–Crippen MR) is 111 cm³/mol. The molecular formula is C22H23F5N2OS. The van der Waals surface area contributed by atoms with Gasteiger partial charge in [0.05, 0.1) is 12.6 Å². The lowest BCUT2D eigenvalue weighted by Gasteiger charge is -2.29. The average Bonchev–Trinajstić information content (AvgIpc) is 2.92. The predicted octanol–water partition coefficient (Wildman–Crippen LogP) is 5.05. The second kappa shape index (κ2) is 9.16. The maximum atomic E-state index is 15.3. The highest BCUT2D eigenvalue weighted by Gasteiger charge is 2.56. The van der Waals surface area contributed by atoms with E-state index in [4.69, 9.17) is 0 Å². The third-order valence-electron chi connectivity index (χ3n) is 5.32. The quantitative estimate of drug-likeness (QED) is 0.486. The van der Waals surface area contributed by atoms with Gasteiger partial charge in [-0.1, -0.05) is 44.0 Å². The van der Waals surface area contributed by atoms with E-state index in [0.29, 0.717) is 6.07 Å². The fourth-order valence-corrected chi connectivity index (χ4v) is 4.48. The molecule has 0 spiro atoms. The number of amides is 1. The van der Waals surface area contributed by atoms with Crippen LogP contribution in [0, 0.1) is 23.4 Å². The van der Waals surface area contributed by atoms with Crippen LogP contribution in [0.25, 0.3) is 11.1 Å². The second-order valence-corrected chi connectivity index (χ2v) is 8.53. The van der Waals surface area contributed by atoms with Crippen molar-refractivity contribution in [3.05, 3.63) is 59.4 Å². The van der Waals surface area contributed by atoms with Crippen LogP contribution < -0.4 is 4.72 Å². The summed E-state index contributed by atoms with van der Waals surface area (Å²) in [5.74, 6) is -6.61. The van der Waals surface area contributed by atoms with Gasteiger partial charge >= 0.3 is 0 Å². The Hall–Kier alpha value is -2.13. The van der Waals surface area contributed by atoms with Crippen molar-refractivity contribution in [1.82, 2.24) is 9.62 Å². The van der Waals surface area contributed by atoms with Crippen molar-refractivity contribution < 1.29 is 26.7 Å². The zero-order valence-corrected chi connectivity index (χ0v) is 18.1. The summed E-state index contributed by atoms with van der Waals surface area (Å²) >= 11 is 1.00. The molecule has 1 saturated heterocycles. The summed E-state index contributed by atoms with van der Waals surface area (Å²) in [4.78, 5) is 13.7. The summed E-state index contributed by atoms with van der Waals surface area (Å²) in [5.41, 5.74) is 0.0404. The average molecular weight is 458 g/mol. The number of hydrogen-bond donors (Lipinski definition) is 1. The summed E-state index contributed by atoms with van der Waals surface area (Å²) < 4.78 is 74.6. The van der Waals surface area contributed by atoms with Gasteiger partial charge in [-0.25, -0.2) is 22.0 Å². The van der Waals surface area contributed by atoms with Crippen molar-refractivity contribution in [1.29, 1.82) is 0 Å². The van der Waals surface area contributed by atoms with Crippen molar-refractivity contribution in [2.24, 2.45) is 5.92 Å². The van der Waals surface area contributed by atoms with Crippen LogP contribution in [0.1, 0.15) is 19.4 Å². The molecule has 1 fully saturated rings. The van der Waals surface area contributed by atoms with Crippen LogP contribution in [0.5, 0.6) is 0 Å². The zero-order valence-electron chi connectivity index (χ0n) is 17.3. The van der Waals surface area contributed by atoms with Crippen molar-refractivity contribution in [3.63, 3.8) is 0 Å². The number of rotatable bonds is 6. The van der Waals surface area contributed by atoms with Crippen LogP contribution in [0.4, 0.5) is 22.0 Å². The number of alkyl halides is 2. The SMILES string of the molecule is CSNC1[C@H](Cc2cccc(-c3cc(F)cc(F)c3)c2F)N(C(=O)C(C)C)CC1(F)F. The van der Waals surface area contributed by atoms with Crippen molar-refractivity contribution >= 4 is 17.9 Å². The number of nitrogens with one attached hydrogen (secondary N) is 1. The number of nitrogens with zero attached hydrogens (tertiary/aromatic N) is 1. The maximum absolute atomic E-state index is 15.3. The van der Waals surface area contributed by atoms with Crippen molar-refractivity contribution in [2.75, 3.05) is 12.8 Å². The van der Waals surface area contributed by atoms with Gasteiger partial charge in [0.25, 0.3) is 5.92 Å². The monoisotopic (exact) mass is 458 g/mol. The van der Waals surface area contributed by atoms with Crippen LogP contribution in [0.15, 0.2) is 36.4 Å². The largest absolute Gasteiger partial charge is 0.331 e. The molecule has 1 unspecified atom stereocenters. The van der Waals surface area contributed by atoms with Gasteiger partial charge in [0.15, 0.2) is 0 Å². The number of benzene rings is 2. The number of carbonyl (C=O) groups excluding carboxylic acids is 1. The number of hydrogen-bond acceptors (Lipinski definition) is 3. The lowest BCUT2D eigenvalue weighted by molar-refractivity contribution is -0.136. The van der Waals surface area contributed by atoms with Gasteiger partial charge in [-0.05, 0) is 35.9 Å². The van der Waals surface area contributed by atoms with Crippen molar-refractivity contribution in [3.8, 4) is 11.1 Å². The summed E-state index contributed by atoms with van der Waals surface area (Å²) in [6.45, 7) is 2.47. The van der Waals surface area contributed by atoms with Gasteiger partial charge in [-0.2, -0.15) is 0 Å². The minimum atomic E-state index is -3.20. The molecule has 0 radical (unpaired) electrons. The van der Waals surface area contributed by atoms with Crippen LogP contribution >= 0.6 is 11.9 Å². The summed E-state index contributed by atoms with van der Waals surface area (Å²) in [6, 6.07) is 4.61. The Morgan fingerprint density at radius 3 is 2.42 bits per heavy atom. The molecule has 3 nitrogen and oxygen atoms in total. The molecule has 31 heavy (non-hydrogen) atoms. The van der Waals surface area contributed by atoms with E-state index in [1.165, 1.54) is 18.2 Å². The van der Waals surface area contributed by atoms with E-state index in [1.807, 2.05) is 0 Å². The summed E-state index contributed by atoms with van der Waals surface area (Å²) in [6.07, 6.45) is 1.42. The Balaban J connectivity index is 2.01. The zero-order chi connectivity index (χ0) is 22.9. The van der Waals surface area contributed by atoms with Gasteiger partial charge in [0, 0.05) is 17.5 Å². The Bertz CT molecular complexity index is 949. The molecule has 1 aliphatic heterocycles. The third kappa shape index (κ3) is 4.87. The molecule has 1 heterocycles. The fraction of sp³-hybridized carbons (Fsp3) is 0.409. The molecule has 0 bridgehead atoms. The van der Waals surface area contributed by atoms with E-state index in [-0.39, 0.29) is 23.1 Å². The fourth-order valence-electron chi connectivity index (χ4n) is 3.89. The molecule has 2 aromatic rings. The molecule has 3 rings (SSSR count). The number of likely N-dealkylation sites (tertiary alicyclic amines) is 1. The Kier molecular flexibility index (Phi) is 6.95. The Morgan fingerprint density at radius 2 is 1.84 bits per heavy atom. The van der Waals surface area contributed by atoms with E-state index in [1.54, 1.807) is 20.1 Å². The molecule has 1 N–H and O–H groups in total. The lowest BCUT2D eigenvalue weighted by Crippen LogP contribution is -2.48. The van der Waals surface area contributed by atoms with Gasteiger partial charge in [0.2, 0.25) is 5.91 Å². The molecule has 1 amide bonds. The normalized spacial score (nSPS) is 20.5. The van der Waals surface area contributed by atoms with Gasteiger partial charge in [0.1, 0.15) is 23.5 Å². The minimum Gasteiger partial charge on any atom is -0.331 e.